The standard InChI is InChI=1S/C13H19N3O3/c1-9-7-16(8-10(2)19-9)13(17)15-11-4-5-12(18-3)14-6-11/h4-6,9-10H,7-8H2,1-3H3,(H,15,17)/t9-,10-/m0/s1. The Balaban J connectivity index is 1.96. The normalized spacial score (nSPS) is 23.0. The van der Waals surface area contributed by atoms with Gasteiger partial charge in [-0.15, -0.1) is 0 Å². The zero-order valence-electron chi connectivity index (χ0n) is 11.4. The number of nitrogens with zero attached hydrogens (tertiary/aromatic N) is 2. The first-order chi connectivity index (χ1) is 9.08. The highest BCUT2D eigenvalue weighted by Gasteiger charge is 2.25. The van der Waals surface area contributed by atoms with E-state index in [2.05, 4.69) is 10.3 Å². The number of aromatic nitrogens is 1. The zero-order valence-corrected chi connectivity index (χ0v) is 11.4. The number of morpholine rings is 1. The molecule has 0 bridgehead atoms. The van der Waals surface area contributed by atoms with E-state index in [4.69, 9.17) is 9.47 Å². The van der Waals surface area contributed by atoms with Crippen molar-refractivity contribution in [3.63, 3.8) is 0 Å². The van der Waals surface area contributed by atoms with Crippen molar-refractivity contribution in [2.45, 2.75) is 26.1 Å². The number of anilines is 1. The van der Waals surface area contributed by atoms with Gasteiger partial charge in [-0.05, 0) is 19.9 Å². The fraction of sp³-hybridized carbons (Fsp3) is 0.538. The molecule has 19 heavy (non-hydrogen) atoms. The molecule has 0 unspecified atom stereocenters. The molecule has 0 spiro atoms. The van der Waals surface area contributed by atoms with Gasteiger partial charge in [0.2, 0.25) is 5.88 Å². The fourth-order valence-corrected chi connectivity index (χ4v) is 2.12. The lowest BCUT2D eigenvalue weighted by molar-refractivity contribution is -0.0530. The van der Waals surface area contributed by atoms with Gasteiger partial charge in [-0.1, -0.05) is 0 Å². The molecule has 6 nitrogen and oxygen atoms in total. The maximum absolute atomic E-state index is 12.1. The minimum atomic E-state index is -0.131. The van der Waals surface area contributed by atoms with Crippen LogP contribution in [0.1, 0.15) is 13.8 Å². The van der Waals surface area contributed by atoms with Crippen LogP contribution < -0.4 is 10.1 Å². The molecule has 1 aliphatic heterocycles. The van der Waals surface area contributed by atoms with E-state index in [1.807, 2.05) is 13.8 Å². The van der Waals surface area contributed by atoms with Gasteiger partial charge in [-0.3, -0.25) is 0 Å². The molecule has 0 saturated carbocycles. The summed E-state index contributed by atoms with van der Waals surface area (Å²) < 4.78 is 10.6. The molecule has 2 atom stereocenters. The van der Waals surface area contributed by atoms with Gasteiger partial charge in [0.1, 0.15) is 0 Å². The van der Waals surface area contributed by atoms with Gasteiger partial charge in [0, 0.05) is 19.2 Å². The first kappa shape index (κ1) is 13.6. The van der Waals surface area contributed by atoms with Crippen LogP contribution in [0.15, 0.2) is 18.3 Å². The quantitative estimate of drug-likeness (QED) is 0.884. The Morgan fingerprint density at radius 2 is 2.11 bits per heavy atom. The Morgan fingerprint density at radius 1 is 1.42 bits per heavy atom. The minimum absolute atomic E-state index is 0.0588. The number of amides is 2. The summed E-state index contributed by atoms with van der Waals surface area (Å²) in [5.41, 5.74) is 0.651. The van der Waals surface area contributed by atoms with Crippen molar-refractivity contribution < 1.29 is 14.3 Å². The molecule has 1 saturated heterocycles. The third-order valence-electron chi connectivity index (χ3n) is 2.90. The Kier molecular flexibility index (Phi) is 4.21. The largest absolute Gasteiger partial charge is 0.481 e. The van der Waals surface area contributed by atoms with E-state index in [0.717, 1.165) is 0 Å². The van der Waals surface area contributed by atoms with E-state index in [1.165, 1.54) is 0 Å². The monoisotopic (exact) mass is 265 g/mol. The highest BCUT2D eigenvalue weighted by Crippen LogP contribution is 2.14. The fourth-order valence-electron chi connectivity index (χ4n) is 2.12. The predicted molar refractivity (Wildman–Crippen MR) is 71.4 cm³/mol. The Labute approximate surface area is 112 Å². The van der Waals surface area contributed by atoms with Crippen molar-refractivity contribution >= 4 is 11.7 Å². The SMILES string of the molecule is COc1ccc(NC(=O)N2C[C@H](C)O[C@@H](C)C2)cn1. The highest BCUT2D eigenvalue weighted by atomic mass is 16.5. The Hall–Kier alpha value is -1.82. The predicted octanol–water partition coefficient (Wildman–Crippen LogP) is 1.73. The average Bonchev–Trinajstić information content (AvgIpc) is 2.38. The summed E-state index contributed by atoms with van der Waals surface area (Å²) in [6.07, 6.45) is 1.69. The van der Waals surface area contributed by atoms with Crippen LogP contribution in [0.4, 0.5) is 10.5 Å². The number of pyridine rings is 1. The second kappa shape index (κ2) is 5.88. The summed E-state index contributed by atoms with van der Waals surface area (Å²) in [5.74, 6) is 0.520. The van der Waals surface area contributed by atoms with Gasteiger partial charge < -0.3 is 19.7 Å². The van der Waals surface area contributed by atoms with E-state index in [1.54, 1.807) is 30.3 Å². The first-order valence-electron chi connectivity index (χ1n) is 6.30. The van der Waals surface area contributed by atoms with Crippen molar-refractivity contribution in [3.8, 4) is 5.88 Å². The van der Waals surface area contributed by atoms with Crippen molar-refractivity contribution in [2.75, 3.05) is 25.5 Å². The van der Waals surface area contributed by atoms with Crippen molar-refractivity contribution in [1.29, 1.82) is 0 Å². The summed E-state index contributed by atoms with van der Waals surface area (Å²) in [6.45, 7) is 5.12. The van der Waals surface area contributed by atoms with Crippen LogP contribution >= 0.6 is 0 Å². The van der Waals surface area contributed by atoms with Crippen LogP contribution in [-0.4, -0.2) is 48.3 Å². The van der Waals surface area contributed by atoms with Gasteiger partial charge in [0.15, 0.2) is 0 Å². The van der Waals surface area contributed by atoms with Crippen molar-refractivity contribution in [3.05, 3.63) is 18.3 Å². The van der Waals surface area contributed by atoms with E-state index in [9.17, 15) is 4.79 Å². The number of ether oxygens (including phenoxy) is 2. The lowest BCUT2D eigenvalue weighted by Gasteiger charge is -2.35. The van der Waals surface area contributed by atoms with E-state index >= 15 is 0 Å². The minimum Gasteiger partial charge on any atom is -0.481 e. The third-order valence-corrected chi connectivity index (χ3v) is 2.90. The maximum atomic E-state index is 12.1. The molecule has 1 aromatic heterocycles. The van der Waals surface area contributed by atoms with Crippen LogP contribution in [0.25, 0.3) is 0 Å². The molecule has 2 amide bonds. The number of hydrogen-bond donors (Lipinski definition) is 1. The number of carbonyl (C=O) groups is 1. The Bertz CT molecular complexity index is 425. The zero-order chi connectivity index (χ0) is 13.8. The number of urea groups is 1. The van der Waals surface area contributed by atoms with Crippen molar-refractivity contribution in [1.82, 2.24) is 9.88 Å². The molecular formula is C13H19N3O3. The molecule has 6 heteroatoms. The van der Waals surface area contributed by atoms with Crippen LogP contribution in [0.5, 0.6) is 5.88 Å². The second-order valence-corrected chi connectivity index (χ2v) is 4.68. The lowest BCUT2D eigenvalue weighted by atomic mass is 10.2. The number of nitrogens with one attached hydrogen (secondary N) is 1. The summed E-state index contributed by atoms with van der Waals surface area (Å²) in [5, 5.41) is 2.82. The van der Waals surface area contributed by atoms with Crippen LogP contribution in [0.2, 0.25) is 0 Å². The maximum Gasteiger partial charge on any atom is 0.322 e. The van der Waals surface area contributed by atoms with Gasteiger partial charge in [0.25, 0.3) is 0 Å². The topological polar surface area (TPSA) is 63.7 Å². The number of carbonyl (C=O) groups excluding carboxylic acids is 1. The second-order valence-electron chi connectivity index (χ2n) is 4.68. The smallest absolute Gasteiger partial charge is 0.322 e. The molecule has 2 rings (SSSR count). The van der Waals surface area contributed by atoms with Crippen LogP contribution in [-0.2, 0) is 4.74 Å². The third kappa shape index (κ3) is 3.57. The molecule has 0 aliphatic carbocycles. The summed E-state index contributed by atoms with van der Waals surface area (Å²) in [7, 11) is 1.55. The molecule has 1 fully saturated rings. The molecule has 1 N–H and O–H groups in total. The van der Waals surface area contributed by atoms with E-state index < -0.39 is 0 Å². The summed E-state index contributed by atoms with van der Waals surface area (Å²) >= 11 is 0. The van der Waals surface area contributed by atoms with E-state index in [0.29, 0.717) is 24.7 Å². The molecule has 2 heterocycles. The van der Waals surface area contributed by atoms with Crippen molar-refractivity contribution in [2.24, 2.45) is 0 Å². The molecule has 1 aliphatic rings. The summed E-state index contributed by atoms with van der Waals surface area (Å²) in [6, 6.07) is 3.34. The number of rotatable bonds is 2. The number of methoxy groups -OCH3 is 1. The van der Waals surface area contributed by atoms with Gasteiger partial charge in [0.05, 0.1) is 31.2 Å². The van der Waals surface area contributed by atoms with Gasteiger partial charge >= 0.3 is 6.03 Å². The average molecular weight is 265 g/mol. The molecule has 104 valence electrons. The number of hydrogen-bond acceptors (Lipinski definition) is 4. The lowest BCUT2D eigenvalue weighted by Crippen LogP contribution is -2.49. The molecule has 0 aromatic carbocycles. The van der Waals surface area contributed by atoms with E-state index in [-0.39, 0.29) is 18.2 Å². The molecular weight excluding hydrogens is 246 g/mol. The highest BCUT2D eigenvalue weighted by molar-refractivity contribution is 5.89. The van der Waals surface area contributed by atoms with Crippen LogP contribution in [0, 0.1) is 0 Å². The first-order valence-corrected chi connectivity index (χ1v) is 6.30. The Morgan fingerprint density at radius 3 is 2.63 bits per heavy atom. The van der Waals surface area contributed by atoms with Gasteiger partial charge in [-0.25, -0.2) is 9.78 Å². The van der Waals surface area contributed by atoms with Gasteiger partial charge in [-0.2, -0.15) is 0 Å². The molecule has 1 aromatic rings. The van der Waals surface area contributed by atoms with Crippen LogP contribution in [0.3, 0.4) is 0 Å². The summed E-state index contributed by atoms with van der Waals surface area (Å²) in [4.78, 5) is 17.9. The molecule has 0 radical (unpaired) electrons.